The van der Waals surface area contributed by atoms with E-state index in [1.165, 1.54) is 0 Å². The molecule has 0 saturated carbocycles. The third-order valence-electron chi connectivity index (χ3n) is 3.74. The van der Waals surface area contributed by atoms with Crippen molar-refractivity contribution in [2.24, 2.45) is 0 Å². The van der Waals surface area contributed by atoms with Gasteiger partial charge in [0.25, 0.3) is 0 Å². The van der Waals surface area contributed by atoms with E-state index < -0.39 is 10.2 Å². The summed E-state index contributed by atoms with van der Waals surface area (Å²) in [6.07, 6.45) is 1.63. The van der Waals surface area contributed by atoms with Crippen LogP contribution in [0.1, 0.15) is 11.1 Å². The van der Waals surface area contributed by atoms with E-state index in [-0.39, 0.29) is 0 Å². The fraction of sp³-hybridized carbons (Fsp3) is 0.118. The molecule has 0 aliphatic rings. The number of nitrogens with one attached hydrogen (secondary N) is 2. The van der Waals surface area contributed by atoms with Crippen LogP contribution >= 0.6 is 11.6 Å². The fourth-order valence-electron chi connectivity index (χ4n) is 2.43. The fourth-order valence-corrected chi connectivity index (χ4v) is 3.62. The summed E-state index contributed by atoms with van der Waals surface area (Å²) in [4.78, 5) is 4.29. The highest BCUT2D eigenvalue weighted by atomic mass is 35.5. The lowest BCUT2D eigenvalue weighted by molar-refractivity contribution is 0.606. The smallest absolute Gasteiger partial charge is 0.266 e. The molecule has 0 amide bonds. The number of halogens is 1. The number of benzene rings is 2. The molecular weight excluding hydrogens is 346 g/mol. The lowest BCUT2D eigenvalue weighted by Gasteiger charge is -2.14. The predicted octanol–water partition coefficient (Wildman–Crippen LogP) is 4.27. The van der Waals surface area contributed by atoms with Crippen molar-refractivity contribution in [2.75, 3.05) is 9.44 Å². The maximum absolute atomic E-state index is 12.5. The first kappa shape index (κ1) is 16.5. The first-order chi connectivity index (χ1) is 11.4. The third-order valence-corrected chi connectivity index (χ3v) is 5.13. The Labute approximate surface area is 145 Å². The van der Waals surface area contributed by atoms with Crippen molar-refractivity contribution in [1.82, 2.24) is 4.98 Å². The standard InChI is InChI=1S/C17H16ClN3O2S/c1-11-8-9-16(17-13(11)5-4-10-19-17)21-24(22,23)20-15-7-3-6-14(18)12(15)2/h3-10,20-21H,1-2H3. The molecule has 0 aliphatic carbocycles. The van der Waals surface area contributed by atoms with E-state index in [0.29, 0.717) is 27.5 Å². The number of nitrogens with zero attached hydrogens (tertiary/aromatic N) is 1. The molecule has 7 heteroatoms. The van der Waals surface area contributed by atoms with E-state index >= 15 is 0 Å². The molecule has 1 heterocycles. The topological polar surface area (TPSA) is 71.1 Å². The number of rotatable bonds is 4. The molecule has 0 spiro atoms. The first-order valence-electron chi connectivity index (χ1n) is 7.27. The van der Waals surface area contributed by atoms with Gasteiger partial charge in [-0.15, -0.1) is 0 Å². The Morgan fingerprint density at radius 2 is 1.71 bits per heavy atom. The third kappa shape index (κ3) is 3.29. The van der Waals surface area contributed by atoms with Crippen molar-refractivity contribution in [3.8, 4) is 0 Å². The van der Waals surface area contributed by atoms with Crippen LogP contribution in [0.2, 0.25) is 5.02 Å². The summed E-state index contributed by atoms with van der Waals surface area (Å²) < 4.78 is 30.0. The maximum Gasteiger partial charge on any atom is 0.321 e. The van der Waals surface area contributed by atoms with Crippen LogP contribution in [0.25, 0.3) is 10.9 Å². The van der Waals surface area contributed by atoms with Crippen LogP contribution in [-0.2, 0) is 10.2 Å². The molecule has 24 heavy (non-hydrogen) atoms. The van der Waals surface area contributed by atoms with Crippen molar-refractivity contribution in [2.45, 2.75) is 13.8 Å². The average molecular weight is 362 g/mol. The molecule has 0 saturated heterocycles. The highest BCUT2D eigenvalue weighted by Gasteiger charge is 2.15. The number of hydrogen-bond acceptors (Lipinski definition) is 3. The normalized spacial score (nSPS) is 11.5. The van der Waals surface area contributed by atoms with Crippen molar-refractivity contribution in [3.63, 3.8) is 0 Å². The van der Waals surface area contributed by atoms with Gasteiger partial charge in [-0.3, -0.25) is 14.4 Å². The van der Waals surface area contributed by atoms with Crippen molar-refractivity contribution in [1.29, 1.82) is 0 Å². The first-order valence-corrected chi connectivity index (χ1v) is 9.13. The summed E-state index contributed by atoms with van der Waals surface area (Å²) in [5.74, 6) is 0. The zero-order chi connectivity index (χ0) is 17.3. The summed E-state index contributed by atoms with van der Waals surface area (Å²) >= 11 is 6.03. The van der Waals surface area contributed by atoms with Gasteiger partial charge in [0.2, 0.25) is 0 Å². The molecule has 2 aromatic carbocycles. The Balaban J connectivity index is 1.96. The van der Waals surface area contributed by atoms with Crippen LogP contribution in [-0.4, -0.2) is 13.4 Å². The largest absolute Gasteiger partial charge is 0.321 e. The second-order valence-corrected chi connectivity index (χ2v) is 7.27. The van der Waals surface area contributed by atoms with Gasteiger partial charge in [0.15, 0.2) is 0 Å². The van der Waals surface area contributed by atoms with Crippen LogP contribution in [0.4, 0.5) is 11.4 Å². The van der Waals surface area contributed by atoms with E-state index in [2.05, 4.69) is 14.4 Å². The zero-order valence-electron chi connectivity index (χ0n) is 13.2. The highest BCUT2D eigenvalue weighted by Crippen LogP contribution is 2.27. The second kappa shape index (κ2) is 6.30. The monoisotopic (exact) mass is 361 g/mol. The summed E-state index contributed by atoms with van der Waals surface area (Å²) in [5, 5.41) is 1.40. The minimum atomic E-state index is -3.83. The van der Waals surface area contributed by atoms with Crippen LogP contribution in [0, 0.1) is 13.8 Å². The predicted molar refractivity (Wildman–Crippen MR) is 98.8 cm³/mol. The van der Waals surface area contributed by atoms with E-state index in [0.717, 1.165) is 10.9 Å². The summed E-state index contributed by atoms with van der Waals surface area (Å²) in [6, 6.07) is 12.3. The van der Waals surface area contributed by atoms with Crippen molar-refractivity contribution < 1.29 is 8.42 Å². The molecule has 3 aromatic rings. The number of fused-ring (bicyclic) bond motifs is 1. The molecule has 124 valence electrons. The quantitative estimate of drug-likeness (QED) is 0.728. The molecule has 2 N–H and O–H groups in total. The number of anilines is 2. The lowest BCUT2D eigenvalue weighted by atomic mass is 10.1. The SMILES string of the molecule is Cc1c(Cl)cccc1NS(=O)(=O)Nc1ccc(C)c2cccnc12. The number of aromatic nitrogens is 1. The van der Waals surface area contributed by atoms with Gasteiger partial charge < -0.3 is 0 Å². The van der Waals surface area contributed by atoms with Gasteiger partial charge in [0.05, 0.1) is 16.9 Å². The lowest BCUT2D eigenvalue weighted by Crippen LogP contribution is -2.22. The van der Waals surface area contributed by atoms with E-state index in [9.17, 15) is 8.42 Å². The molecule has 0 aliphatic heterocycles. The van der Waals surface area contributed by atoms with E-state index in [1.807, 2.05) is 25.1 Å². The van der Waals surface area contributed by atoms with Gasteiger partial charge in [-0.2, -0.15) is 8.42 Å². The molecule has 0 fully saturated rings. The van der Waals surface area contributed by atoms with Crippen molar-refractivity contribution >= 4 is 44.1 Å². The molecule has 0 bridgehead atoms. The van der Waals surface area contributed by atoms with E-state index in [1.54, 1.807) is 37.4 Å². The van der Waals surface area contributed by atoms with Crippen LogP contribution in [0.3, 0.4) is 0 Å². The Morgan fingerprint density at radius 1 is 0.958 bits per heavy atom. The highest BCUT2D eigenvalue weighted by molar-refractivity contribution is 7.94. The Morgan fingerprint density at radius 3 is 2.50 bits per heavy atom. The molecule has 0 unspecified atom stereocenters. The van der Waals surface area contributed by atoms with Crippen molar-refractivity contribution in [3.05, 3.63) is 64.8 Å². The van der Waals surface area contributed by atoms with Gasteiger partial charge in [0, 0.05) is 16.6 Å². The molecule has 1 aromatic heterocycles. The van der Waals surface area contributed by atoms with Gasteiger partial charge in [-0.1, -0.05) is 29.8 Å². The number of pyridine rings is 1. The minimum Gasteiger partial charge on any atom is -0.266 e. The number of aryl methyl sites for hydroxylation is 1. The Kier molecular flexibility index (Phi) is 4.34. The number of hydrogen-bond donors (Lipinski definition) is 2. The molecule has 3 rings (SSSR count). The molecule has 0 radical (unpaired) electrons. The second-order valence-electron chi connectivity index (χ2n) is 5.45. The molecule has 0 atom stereocenters. The summed E-state index contributed by atoms with van der Waals surface area (Å²) in [5.41, 5.74) is 3.14. The maximum atomic E-state index is 12.5. The molecular formula is C17H16ClN3O2S. The summed E-state index contributed by atoms with van der Waals surface area (Å²) in [7, 11) is -3.83. The Hall–Kier alpha value is -2.31. The zero-order valence-corrected chi connectivity index (χ0v) is 14.7. The van der Waals surface area contributed by atoms with Gasteiger partial charge >= 0.3 is 10.2 Å². The van der Waals surface area contributed by atoms with E-state index in [4.69, 9.17) is 11.6 Å². The molecule has 5 nitrogen and oxygen atoms in total. The van der Waals surface area contributed by atoms with Crippen LogP contribution in [0.15, 0.2) is 48.7 Å². The van der Waals surface area contributed by atoms with Gasteiger partial charge in [0.1, 0.15) is 0 Å². The summed E-state index contributed by atoms with van der Waals surface area (Å²) in [6.45, 7) is 3.71. The average Bonchev–Trinajstić information content (AvgIpc) is 2.54. The Bertz CT molecular complexity index is 1020. The van der Waals surface area contributed by atoms with Gasteiger partial charge in [-0.25, -0.2) is 0 Å². The van der Waals surface area contributed by atoms with Crippen LogP contribution in [0.5, 0.6) is 0 Å². The van der Waals surface area contributed by atoms with Crippen LogP contribution < -0.4 is 9.44 Å². The van der Waals surface area contributed by atoms with Gasteiger partial charge in [-0.05, 0) is 49.2 Å². The minimum absolute atomic E-state index is 0.420.